The summed E-state index contributed by atoms with van der Waals surface area (Å²) >= 11 is 0. The van der Waals surface area contributed by atoms with Crippen molar-refractivity contribution in [2.75, 3.05) is 11.9 Å². The molecule has 1 atom stereocenters. The minimum Gasteiger partial charge on any atom is -0.452 e. The number of hydrogen-bond acceptors (Lipinski definition) is 4. The predicted octanol–water partition coefficient (Wildman–Crippen LogP) is 3.75. The van der Waals surface area contributed by atoms with Crippen LogP contribution in [0.5, 0.6) is 0 Å². The molecule has 2 aromatic carbocycles. The van der Waals surface area contributed by atoms with Crippen molar-refractivity contribution < 1.29 is 14.3 Å². The van der Waals surface area contributed by atoms with Crippen LogP contribution in [0.25, 0.3) is 0 Å². The maximum Gasteiger partial charge on any atom is 0.340 e. The largest absolute Gasteiger partial charge is 0.452 e. The molecule has 0 fully saturated rings. The van der Waals surface area contributed by atoms with Gasteiger partial charge >= 0.3 is 5.97 Å². The lowest BCUT2D eigenvalue weighted by atomic mass is 10.1. The highest BCUT2D eigenvalue weighted by molar-refractivity contribution is 5.97. The lowest BCUT2D eigenvalue weighted by Gasteiger charge is -2.17. The SMILES string of the molecule is CC(C)[C@@H](C)NC(=O)COC(=O)c1ccccc1Nc1ccccc1. The Hall–Kier alpha value is -2.82. The molecule has 0 aliphatic carbocycles. The van der Waals surface area contributed by atoms with Crippen molar-refractivity contribution in [3.63, 3.8) is 0 Å². The van der Waals surface area contributed by atoms with E-state index < -0.39 is 5.97 Å². The summed E-state index contributed by atoms with van der Waals surface area (Å²) in [6.07, 6.45) is 0. The normalized spacial score (nSPS) is 11.7. The highest BCUT2D eigenvalue weighted by atomic mass is 16.5. The third-order valence-corrected chi connectivity index (χ3v) is 3.92. The molecule has 0 heterocycles. The van der Waals surface area contributed by atoms with Crippen molar-refractivity contribution >= 4 is 23.3 Å². The molecule has 2 rings (SSSR count). The average Bonchev–Trinajstić information content (AvgIpc) is 2.61. The number of amides is 1. The molecule has 0 aromatic heterocycles. The Bertz CT molecular complexity index is 714. The zero-order chi connectivity index (χ0) is 18.2. The lowest BCUT2D eigenvalue weighted by Crippen LogP contribution is -2.38. The van der Waals surface area contributed by atoms with E-state index in [1.54, 1.807) is 18.2 Å². The van der Waals surface area contributed by atoms with Crippen LogP contribution in [0.4, 0.5) is 11.4 Å². The fourth-order valence-electron chi connectivity index (χ4n) is 2.12. The smallest absolute Gasteiger partial charge is 0.340 e. The molecule has 5 heteroatoms. The molecule has 1 amide bonds. The van der Waals surface area contributed by atoms with Gasteiger partial charge in [0.1, 0.15) is 0 Å². The second-order valence-corrected chi connectivity index (χ2v) is 6.21. The summed E-state index contributed by atoms with van der Waals surface area (Å²) in [5, 5.41) is 6.00. The minimum atomic E-state index is -0.536. The van der Waals surface area contributed by atoms with E-state index >= 15 is 0 Å². The first kappa shape index (κ1) is 18.5. The summed E-state index contributed by atoms with van der Waals surface area (Å²) in [5.74, 6) is -0.523. The van der Waals surface area contributed by atoms with Gasteiger partial charge in [-0.3, -0.25) is 4.79 Å². The van der Waals surface area contributed by atoms with Crippen LogP contribution in [0, 0.1) is 5.92 Å². The Balaban J connectivity index is 1.99. The third-order valence-electron chi connectivity index (χ3n) is 3.92. The summed E-state index contributed by atoms with van der Waals surface area (Å²) in [7, 11) is 0. The molecular weight excluding hydrogens is 316 g/mol. The predicted molar refractivity (Wildman–Crippen MR) is 98.9 cm³/mol. The molecule has 0 saturated carbocycles. The van der Waals surface area contributed by atoms with Gasteiger partial charge in [-0.2, -0.15) is 0 Å². The number of carbonyl (C=O) groups excluding carboxylic acids is 2. The molecule has 5 nitrogen and oxygen atoms in total. The minimum absolute atomic E-state index is 0.0261. The number of benzene rings is 2. The molecule has 0 unspecified atom stereocenters. The van der Waals surface area contributed by atoms with Crippen LogP contribution >= 0.6 is 0 Å². The summed E-state index contributed by atoms with van der Waals surface area (Å²) in [6.45, 7) is 5.66. The van der Waals surface area contributed by atoms with E-state index in [0.29, 0.717) is 17.2 Å². The van der Waals surface area contributed by atoms with Gasteiger partial charge in [0.15, 0.2) is 6.61 Å². The van der Waals surface area contributed by atoms with Crippen molar-refractivity contribution in [3.8, 4) is 0 Å². The Labute approximate surface area is 148 Å². The molecule has 2 N–H and O–H groups in total. The number of carbonyl (C=O) groups is 2. The van der Waals surface area contributed by atoms with Crippen LogP contribution in [0.15, 0.2) is 54.6 Å². The topological polar surface area (TPSA) is 67.4 Å². The third kappa shape index (κ3) is 5.64. The molecular formula is C20H24N2O3. The fraction of sp³-hybridized carbons (Fsp3) is 0.300. The summed E-state index contributed by atoms with van der Waals surface area (Å²) in [5.41, 5.74) is 1.89. The molecule has 0 bridgehead atoms. The Morgan fingerprint density at radius 1 is 0.960 bits per heavy atom. The van der Waals surface area contributed by atoms with Crippen LogP contribution in [-0.4, -0.2) is 24.5 Å². The summed E-state index contributed by atoms with van der Waals surface area (Å²) < 4.78 is 5.16. The van der Waals surface area contributed by atoms with Gasteiger partial charge in [0.25, 0.3) is 5.91 Å². The summed E-state index contributed by atoms with van der Waals surface area (Å²) in [6, 6.07) is 16.6. The molecule has 0 aliphatic heterocycles. The van der Waals surface area contributed by atoms with E-state index in [0.717, 1.165) is 5.69 Å². The average molecular weight is 340 g/mol. The van der Waals surface area contributed by atoms with Crippen molar-refractivity contribution in [2.45, 2.75) is 26.8 Å². The number of rotatable bonds is 7. The van der Waals surface area contributed by atoms with Crippen LogP contribution in [0.2, 0.25) is 0 Å². The van der Waals surface area contributed by atoms with Crippen molar-refractivity contribution in [1.82, 2.24) is 5.32 Å². The van der Waals surface area contributed by atoms with Gasteiger partial charge in [-0.05, 0) is 37.1 Å². The Morgan fingerprint density at radius 3 is 2.28 bits per heavy atom. The first-order chi connectivity index (χ1) is 12.0. The number of ether oxygens (including phenoxy) is 1. The summed E-state index contributed by atoms with van der Waals surface area (Å²) in [4.78, 5) is 24.2. The molecule has 0 aliphatic rings. The lowest BCUT2D eigenvalue weighted by molar-refractivity contribution is -0.125. The van der Waals surface area contributed by atoms with Crippen molar-refractivity contribution in [3.05, 3.63) is 60.2 Å². The number of para-hydroxylation sites is 2. The quantitative estimate of drug-likeness (QED) is 0.753. The maximum absolute atomic E-state index is 12.3. The van der Waals surface area contributed by atoms with Crippen LogP contribution in [0.3, 0.4) is 0 Å². The van der Waals surface area contributed by atoms with Crippen LogP contribution in [0.1, 0.15) is 31.1 Å². The number of anilines is 2. The van der Waals surface area contributed by atoms with Gasteiger partial charge in [-0.25, -0.2) is 4.79 Å². The number of esters is 1. The van der Waals surface area contributed by atoms with Crippen LogP contribution < -0.4 is 10.6 Å². The van der Waals surface area contributed by atoms with E-state index in [-0.39, 0.29) is 18.6 Å². The van der Waals surface area contributed by atoms with Crippen molar-refractivity contribution in [1.29, 1.82) is 0 Å². The van der Waals surface area contributed by atoms with Gasteiger partial charge in [0, 0.05) is 11.7 Å². The molecule has 0 radical (unpaired) electrons. The monoisotopic (exact) mass is 340 g/mol. The number of nitrogens with one attached hydrogen (secondary N) is 2. The van der Waals surface area contributed by atoms with Crippen molar-refractivity contribution in [2.24, 2.45) is 5.92 Å². The first-order valence-corrected chi connectivity index (χ1v) is 8.35. The second kappa shape index (κ2) is 8.87. The van der Waals surface area contributed by atoms with Gasteiger partial charge in [0.05, 0.1) is 11.3 Å². The first-order valence-electron chi connectivity index (χ1n) is 8.35. The van der Waals surface area contributed by atoms with Gasteiger partial charge < -0.3 is 15.4 Å². The Morgan fingerprint density at radius 2 is 1.60 bits per heavy atom. The molecule has 0 spiro atoms. The van der Waals surface area contributed by atoms with E-state index in [4.69, 9.17) is 4.74 Å². The Kier molecular flexibility index (Phi) is 6.57. The number of hydrogen-bond donors (Lipinski definition) is 2. The highest BCUT2D eigenvalue weighted by Crippen LogP contribution is 2.21. The fourth-order valence-corrected chi connectivity index (χ4v) is 2.12. The maximum atomic E-state index is 12.3. The van der Waals surface area contributed by atoms with Gasteiger partial charge in [0.2, 0.25) is 0 Å². The standard InChI is InChI=1S/C20H24N2O3/c1-14(2)15(3)21-19(23)13-25-20(24)17-11-7-8-12-18(17)22-16-9-5-4-6-10-16/h4-12,14-15,22H,13H2,1-3H3,(H,21,23)/t15-/m1/s1. The highest BCUT2D eigenvalue weighted by Gasteiger charge is 2.16. The van der Waals surface area contributed by atoms with E-state index in [2.05, 4.69) is 10.6 Å². The zero-order valence-corrected chi connectivity index (χ0v) is 14.8. The van der Waals surface area contributed by atoms with Gasteiger partial charge in [-0.15, -0.1) is 0 Å². The molecule has 25 heavy (non-hydrogen) atoms. The van der Waals surface area contributed by atoms with Crippen LogP contribution in [-0.2, 0) is 9.53 Å². The van der Waals surface area contributed by atoms with E-state index in [1.165, 1.54) is 0 Å². The van der Waals surface area contributed by atoms with E-state index in [1.807, 2.05) is 57.2 Å². The molecule has 2 aromatic rings. The molecule has 132 valence electrons. The van der Waals surface area contributed by atoms with E-state index in [9.17, 15) is 9.59 Å². The zero-order valence-electron chi connectivity index (χ0n) is 14.8. The second-order valence-electron chi connectivity index (χ2n) is 6.21. The van der Waals surface area contributed by atoms with Gasteiger partial charge in [-0.1, -0.05) is 44.2 Å². The molecule has 0 saturated heterocycles.